The highest BCUT2D eigenvalue weighted by atomic mass is 32.2. The molecule has 0 aromatic heterocycles. The summed E-state index contributed by atoms with van der Waals surface area (Å²) in [4.78, 5) is 2.89. The molecule has 39 heavy (non-hydrogen) atoms. The van der Waals surface area contributed by atoms with Crippen LogP contribution in [0.1, 0.15) is 55.2 Å². The van der Waals surface area contributed by atoms with Crippen molar-refractivity contribution in [3.05, 3.63) is 53.1 Å². The first-order valence-electron chi connectivity index (χ1n) is 14.5. The molecular weight excluding hydrogens is 514 g/mol. The molecule has 2 spiro atoms. The molecule has 7 aliphatic rings. The van der Waals surface area contributed by atoms with Crippen molar-refractivity contribution in [1.82, 2.24) is 4.90 Å². The van der Waals surface area contributed by atoms with Crippen LogP contribution < -0.4 is 9.47 Å². The van der Waals surface area contributed by atoms with Gasteiger partial charge in [0.05, 0.1) is 18.6 Å². The second-order valence-corrected chi connectivity index (χ2v) is 14.7. The maximum atomic E-state index is 13.2. The van der Waals surface area contributed by atoms with E-state index in [4.69, 9.17) is 13.7 Å². The Morgan fingerprint density at radius 2 is 1.90 bits per heavy atom. The SMILES string of the molecule is COc1ccc2c3c1O[C@H]1[C@@]4(O)CC[C@@]5(CC4COS(=O)(=O)c4ccc(C)cc4)[C@@H](C2)N(CC2CC2)CC[C@]315. The molecule has 5 aliphatic carbocycles. The second-order valence-electron chi connectivity index (χ2n) is 13.1. The number of aliphatic hydroxyl groups is 1. The maximum Gasteiger partial charge on any atom is 0.296 e. The highest BCUT2D eigenvalue weighted by Gasteiger charge is 2.80. The van der Waals surface area contributed by atoms with E-state index in [1.165, 1.54) is 24.0 Å². The number of nitrogens with zero attached hydrogens (tertiary/aromatic N) is 1. The summed E-state index contributed by atoms with van der Waals surface area (Å²) in [5, 5.41) is 12.5. The Labute approximate surface area is 230 Å². The van der Waals surface area contributed by atoms with Crippen LogP contribution in [-0.2, 0) is 26.1 Å². The Kier molecular flexibility index (Phi) is 5.05. The van der Waals surface area contributed by atoms with Gasteiger partial charge in [-0.1, -0.05) is 23.8 Å². The van der Waals surface area contributed by atoms with Gasteiger partial charge in [-0.05, 0) is 88.1 Å². The van der Waals surface area contributed by atoms with Crippen molar-refractivity contribution in [2.45, 2.75) is 79.9 Å². The molecule has 2 aromatic rings. The molecule has 8 heteroatoms. The number of methoxy groups -OCH3 is 1. The zero-order chi connectivity index (χ0) is 26.8. The van der Waals surface area contributed by atoms with E-state index < -0.39 is 21.8 Å². The highest BCUT2D eigenvalue weighted by Crippen LogP contribution is 2.76. The topological polar surface area (TPSA) is 85.3 Å². The van der Waals surface area contributed by atoms with Crippen LogP contribution in [-0.4, -0.2) is 63.0 Å². The summed E-state index contributed by atoms with van der Waals surface area (Å²) in [6.45, 7) is 4.03. The van der Waals surface area contributed by atoms with Crippen LogP contribution in [0.3, 0.4) is 0 Å². The van der Waals surface area contributed by atoms with Crippen LogP contribution in [0.5, 0.6) is 11.5 Å². The summed E-state index contributed by atoms with van der Waals surface area (Å²) < 4.78 is 44.6. The van der Waals surface area contributed by atoms with E-state index in [1.54, 1.807) is 31.4 Å². The number of aryl methyl sites for hydroxylation is 1. The molecule has 9 rings (SSSR count). The van der Waals surface area contributed by atoms with Crippen LogP contribution in [0.25, 0.3) is 0 Å². The summed E-state index contributed by atoms with van der Waals surface area (Å²) in [7, 11) is -2.26. The molecule has 4 saturated carbocycles. The Balaban J connectivity index is 1.21. The molecule has 4 bridgehead atoms. The number of piperidine rings is 1. The molecule has 1 saturated heterocycles. The summed E-state index contributed by atoms with van der Waals surface area (Å²) in [6, 6.07) is 11.3. The van der Waals surface area contributed by atoms with Gasteiger partial charge in [0.25, 0.3) is 10.1 Å². The van der Waals surface area contributed by atoms with Crippen molar-refractivity contribution in [1.29, 1.82) is 0 Å². The van der Waals surface area contributed by atoms with Crippen LogP contribution in [0.2, 0.25) is 0 Å². The van der Waals surface area contributed by atoms with Gasteiger partial charge >= 0.3 is 0 Å². The predicted octanol–water partition coefficient (Wildman–Crippen LogP) is 3.98. The Hall–Kier alpha value is -2.13. The van der Waals surface area contributed by atoms with E-state index in [0.717, 1.165) is 61.8 Å². The molecule has 7 nitrogen and oxygen atoms in total. The lowest BCUT2D eigenvalue weighted by atomic mass is 9.35. The summed E-state index contributed by atoms with van der Waals surface area (Å²) in [6.07, 6.45) is 6.38. The molecular formula is C31H37NO6S. The molecule has 5 fully saturated rings. The number of hydrogen-bond donors (Lipinski definition) is 1. The average molecular weight is 552 g/mol. The van der Waals surface area contributed by atoms with Crippen LogP contribution in [0.15, 0.2) is 41.3 Å². The van der Waals surface area contributed by atoms with Crippen molar-refractivity contribution in [2.24, 2.45) is 17.3 Å². The predicted molar refractivity (Wildman–Crippen MR) is 145 cm³/mol. The third-order valence-corrected chi connectivity index (χ3v) is 12.7. The Morgan fingerprint density at radius 1 is 1.10 bits per heavy atom. The van der Waals surface area contributed by atoms with E-state index in [1.807, 2.05) is 13.0 Å². The number of rotatable bonds is 7. The third kappa shape index (κ3) is 3.12. The van der Waals surface area contributed by atoms with Gasteiger partial charge in [-0.25, -0.2) is 0 Å². The quantitative estimate of drug-likeness (QED) is 0.521. The summed E-state index contributed by atoms with van der Waals surface area (Å²) in [5.74, 6) is 1.98. The minimum atomic E-state index is -3.94. The lowest BCUT2D eigenvalue weighted by Crippen LogP contribution is -2.81. The van der Waals surface area contributed by atoms with E-state index in [9.17, 15) is 13.5 Å². The minimum absolute atomic E-state index is 0.0416. The monoisotopic (exact) mass is 551 g/mol. The van der Waals surface area contributed by atoms with Gasteiger partial charge in [-0.15, -0.1) is 0 Å². The molecule has 2 aliphatic heterocycles. The van der Waals surface area contributed by atoms with Crippen molar-refractivity contribution < 1.29 is 27.2 Å². The van der Waals surface area contributed by atoms with Crippen molar-refractivity contribution in [3.8, 4) is 11.5 Å². The summed E-state index contributed by atoms with van der Waals surface area (Å²) in [5.41, 5.74) is 2.03. The first-order valence-corrected chi connectivity index (χ1v) is 15.9. The van der Waals surface area contributed by atoms with Gasteiger partial charge < -0.3 is 14.6 Å². The molecule has 2 heterocycles. The normalized spacial score (nSPS) is 37.9. The molecule has 2 aromatic carbocycles. The lowest BCUT2D eigenvalue weighted by molar-refractivity contribution is -0.271. The van der Waals surface area contributed by atoms with Gasteiger partial charge in [0.15, 0.2) is 11.5 Å². The van der Waals surface area contributed by atoms with Gasteiger partial charge in [-0.3, -0.25) is 9.08 Å². The zero-order valence-electron chi connectivity index (χ0n) is 22.7. The Morgan fingerprint density at radius 3 is 2.64 bits per heavy atom. The van der Waals surface area contributed by atoms with Crippen molar-refractivity contribution >= 4 is 10.1 Å². The number of likely N-dealkylation sites (tertiary alicyclic amines) is 1. The largest absolute Gasteiger partial charge is 0.493 e. The minimum Gasteiger partial charge on any atom is -0.493 e. The second kappa shape index (κ2) is 7.99. The number of ether oxygens (including phenoxy) is 2. The average Bonchev–Trinajstić information content (AvgIpc) is 3.66. The smallest absolute Gasteiger partial charge is 0.296 e. The van der Waals surface area contributed by atoms with E-state index in [-0.39, 0.29) is 28.3 Å². The standard InChI is InChI=1S/C31H37NO6S/c1-19-3-8-23(9-4-19)39(34,35)37-18-22-16-29-11-12-31(22,33)28-30(29)13-14-32(17-20-5-6-20)25(29)15-21-7-10-24(36-2)27(38-28)26(21)30/h3-4,7-10,20,22,25,28,33H,5-6,11-18H2,1-2H3/t22?,25-,28-,29-,30+,31-/m1/s1. The molecule has 1 N–H and O–H groups in total. The van der Waals surface area contributed by atoms with Gasteiger partial charge in [0.1, 0.15) is 11.7 Å². The Bertz CT molecular complexity index is 1450. The first-order chi connectivity index (χ1) is 18.7. The van der Waals surface area contributed by atoms with E-state index in [2.05, 4.69) is 11.0 Å². The van der Waals surface area contributed by atoms with Crippen molar-refractivity contribution in [2.75, 3.05) is 26.8 Å². The van der Waals surface area contributed by atoms with E-state index >= 15 is 0 Å². The molecule has 0 amide bonds. The van der Waals surface area contributed by atoms with Crippen LogP contribution in [0, 0.1) is 24.2 Å². The molecule has 0 radical (unpaired) electrons. The zero-order valence-corrected chi connectivity index (χ0v) is 23.5. The third-order valence-electron chi connectivity index (χ3n) is 11.4. The molecule has 6 atom stereocenters. The lowest BCUT2D eigenvalue weighted by Gasteiger charge is -2.73. The number of hydrogen-bond acceptors (Lipinski definition) is 7. The fourth-order valence-corrected chi connectivity index (χ4v) is 10.4. The fourth-order valence-electron chi connectivity index (χ4n) is 9.49. The summed E-state index contributed by atoms with van der Waals surface area (Å²) >= 11 is 0. The number of fused-ring (bicyclic) bond motifs is 2. The molecule has 1 unspecified atom stereocenters. The van der Waals surface area contributed by atoms with Gasteiger partial charge in [0.2, 0.25) is 0 Å². The van der Waals surface area contributed by atoms with Crippen molar-refractivity contribution in [3.63, 3.8) is 0 Å². The first kappa shape index (κ1) is 24.6. The number of benzene rings is 2. The van der Waals surface area contributed by atoms with Crippen LogP contribution in [0.4, 0.5) is 0 Å². The fraction of sp³-hybridized carbons (Fsp3) is 0.613. The van der Waals surface area contributed by atoms with Crippen LogP contribution >= 0.6 is 0 Å². The molecule has 208 valence electrons. The van der Waals surface area contributed by atoms with Gasteiger partial charge in [-0.2, -0.15) is 8.42 Å². The van der Waals surface area contributed by atoms with E-state index in [0.29, 0.717) is 12.5 Å². The van der Waals surface area contributed by atoms with Gasteiger partial charge in [0, 0.05) is 34.9 Å². The maximum absolute atomic E-state index is 13.2. The highest BCUT2D eigenvalue weighted by molar-refractivity contribution is 7.86.